The van der Waals surface area contributed by atoms with E-state index in [4.69, 9.17) is 15.6 Å². The van der Waals surface area contributed by atoms with Crippen LogP contribution in [0, 0.1) is 5.41 Å². The Kier molecular flexibility index (Phi) is 2.90. The summed E-state index contributed by atoms with van der Waals surface area (Å²) in [6, 6.07) is 5.93. The number of phenolic OH excluding ortho intramolecular Hbond substituents is 1. The summed E-state index contributed by atoms with van der Waals surface area (Å²) in [6.45, 7) is 0. The second kappa shape index (κ2) is 4.13. The Morgan fingerprint density at radius 1 is 1.36 bits per heavy atom. The number of phenols is 1. The SMILES string of the molecule is N=C(NNC(=O)O)c1cccc(O)c1. The Balaban J connectivity index is 2.65. The van der Waals surface area contributed by atoms with Crippen molar-refractivity contribution in [3.05, 3.63) is 29.8 Å². The monoisotopic (exact) mass is 195 g/mol. The molecule has 1 aromatic rings. The number of benzene rings is 1. The van der Waals surface area contributed by atoms with E-state index < -0.39 is 6.09 Å². The van der Waals surface area contributed by atoms with E-state index in [0.29, 0.717) is 5.56 Å². The number of hydrogen-bond donors (Lipinski definition) is 5. The molecule has 0 spiro atoms. The molecule has 0 aromatic heterocycles. The Bertz CT molecular complexity index is 365. The molecule has 0 saturated heterocycles. The molecule has 0 heterocycles. The van der Waals surface area contributed by atoms with Gasteiger partial charge in [-0.15, -0.1) is 0 Å². The number of carbonyl (C=O) groups is 1. The van der Waals surface area contributed by atoms with Gasteiger partial charge in [-0.05, 0) is 12.1 Å². The molecule has 0 atom stereocenters. The van der Waals surface area contributed by atoms with Crippen molar-refractivity contribution in [1.29, 1.82) is 5.41 Å². The van der Waals surface area contributed by atoms with E-state index in [2.05, 4.69) is 5.43 Å². The zero-order chi connectivity index (χ0) is 10.6. The van der Waals surface area contributed by atoms with Gasteiger partial charge in [-0.2, -0.15) is 0 Å². The van der Waals surface area contributed by atoms with Crippen LogP contribution in [0.5, 0.6) is 5.75 Å². The fourth-order valence-corrected chi connectivity index (χ4v) is 0.850. The van der Waals surface area contributed by atoms with Crippen LogP contribution in [0.2, 0.25) is 0 Å². The van der Waals surface area contributed by atoms with Crippen molar-refractivity contribution in [2.45, 2.75) is 0 Å². The lowest BCUT2D eigenvalue weighted by molar-refractivity contribution is 0.192. The zero-order valence-corrected chi connectivity index (χ0v) is 7.11. The maximum absolute atomic E-state index is 10.1. The number of amides is 1. The fraction of sp³-hybridized carbons (Fsp3) is 0. The third-order valence-corrected chi connectivity index (χ3v) is 1.43. The molecule has 1 aromatic carbocycles. The minimum absolute atomic E-state index is 0.0179. The van der Waals surface area contributed by atoms with Gasteiger partial charge in [-0.3, -0.25) is 10.8 Å². The van der Waals surface area contributed by atoms with Crippen molar-refractivity contribution in [3.8, 4) is 5.75 Å². The molecule has 6 heteroatoms. The predicted octanol–water partition coefficient (Wildman–Crippen LogP) is 0.490. The summed E-state index contributed by atoms with van der Waals surface area (Å²) in [5.41, 5.74) is 4.36. The summed E-state index contributed by atoms with van der Waals surface area (Å²) in [6.07, 6.45) is -1.28. The standard InChI is InChI=1S/C8H9N3O3/c9-7(10-11-8(13)14)5-2-1-3-6(12)4-5/h1-4,11-12H,(H2,9,10)(H,13,14). The van der Waals surface area contributed by atoms with Crippen LogP contribution in [-0.4, -0.2) is 22.1 Å². The topological polar surface area (TPSA) is 105 Å². The minimum atomic E-state index is -1.28. The van der Waals surface area contributed by atoms with Crippen LogP contribution >= 0.6 is 0 Å². The summed E-state index contributed by atoms with van der Waals surface area (Å²) in [5.74, 6) is -0.118. The van der Waals surface area contributed by atoms with Crippen LogP contribution in [0.25, 0.3) is 0 Å². The molecule has 0 unspecified atom stereocenters. The highest BCUT2D eigenvalue weighted by molar-refractivity contribution is 5.97. The first kappa shape index (κ1) is 9.85. The van der Waals surface area contributed by atoms with E-state index in [0.717, 1.165) is 0 Å². The second-order valence-electron chi connectivity index (χ2n) is 2.48. The molecule has 0 fully saturated rings. The summed E-state index contributed by atoms with van der Waals surface area (Å²) in [7, 11) is 0. The zero-order valence-electron chi connectivity index (χ0n) is 7.11. The maximum atomic E-state index is 10.1. The van der Waals surface area contributed by atoms with Crippen LogP contribution in [0.1, 0.15) is 5.56 Å². The Labute approximate surface area is 79.7 Å². The van der Waals surface area contributed by atoms with Crippen LogP contribution in [0.4, 0.5) is 4.79 Å². The molecule has 5 N–H and O–H groups in total. The Morgan fingerprint density at radius 2 is 2.07 bits per heavy atom. The number of nitrogens with one attached hydrogen (secondary N) is 3. The van der Waals surface area contributed by atoms with Gasteiger partial charge in [0.2, 0.25) is 0 Å². The van der Waals surface area contributed by atoms with E-state index in [1.165, 1.54) is 12.1 Å². The first-order valence-electron chi connectivity index (χ1n) is 3.72. The molecular formula is C8H9N3O3. The van der Waals surface area contributed by atoms with Gasteiger partial charge >= 0.3 is 6.09 Å². The van der Waals surface area contributed by atoms with Gasteiger partial charge in [0.05, 0.1) is 0 Å². The largest absolute Gasteiger partial charge is 0.508 e. The Morgan fingerprint density at radius 3 is 2.64 bits per heavy atom. The molecule has 0 aliphatic heterocycles. The van der Waals surface area contributed by atoms with Crippen molar-refractivity contribution >= 4 is 11.9 Å². The van der Waals surface area contributed by atoms with Gasteiger partial charge in [-0.25, -0.2) is 10.2 Å². The van der Waals surface area contributed by atoms with E-state index >= 15 is 0 Å². The third-order valence-electron chi connectivity index (χ3n) is 1.43. The summed E-state index contributed by atoms with van der Waals surface area (Å²) >= 11 is 0. The van der Waals surface area contributed by atoms with Crippen LogP contribution in [0.15, 0.2) is 24.3 Å². The first-order valence-corrected chi connectivity index (χ1v) is 3.72. The van der Waals surface area contributed by atoms with Crippen molar-refractivity contribution in [2.24, 2.45) is 0 Å². The number of hydrogen-bond acceptors (Lipinski definition) is 3. The molecule has 1 amide bonds. The maximum Gasteiger partial charge on any atom is 0.423 e. The van der Waals surface area contributed by atoms with E-state index in [9.17, 15) is 4.79 Å². The minimum Gasteiger partial charge on any atom is -0.508 e. The van der Waals surface area contributed by atoms with Crippen molar-refractivity contribution in [2.75, 3.05) is 0 Å². The summed E-state index contributed by atoms with van der Waals surface area (Å²) in [5, 5.41) is 24.7. The second-order valence-corrected chi connectivity index (χ2v) is 2.48. The van der Waals surface area contributed by atoms with E-state index in [1.54, 1.807) is 12.1 Å². The summed E-state index contributed by atoms with van der Waals surface area (Å²) < 4.78 is 0. The van der Waals surface area contributed by atoms with Gasteiger partial charge < -0.3 is 10.2 Å². The average Bonchev–Trinajstić information content (AvgIpc) is 2.14. The van der Waals surface area contributed by atoms with Gasteiger partial charge in [0.1, 0.15) is 11.6 Å². The molecule has 0 aliphatic carbocycles. The number of amidine groups is 1. The van der Waals surface area contributed by atoms with Crippen molar-refractivity contribution in [3.63, 3.8) is 0 Å². The fourth-order valence-electron chi connectivity index (χ4n) is 0.850. The average molecular weight is 195 g/mol. The van der Waals surface area contributed by atoms with Crippen molar-refractivity contribution < 1.29 is 15.0 Å². The van der Waals surface area contributed by atoms with Crippen LogP contribution < -0.4 is 10.9 Å². The number of hydrazine groups is 1. The molecule has 0 bridgehead atoms. The lowest BCUT2D eigenvalue weighted by atomic mass is 10.2. The molecule has 14 heavy (non-hydrogen) atoms. The highest BCUT2D eigenvalue weighted by atomic mass is 16.4. The predicted molar refractivity (Wildman–Crippen MR) is 49.2 cm³/mol. The molecule has 0 radical (unpaired) electrons. The first-order chi connectivity index (χ1) is 6.59. The molecule has 0 saturated carbocycles. The van der Waals surface area contributed by atoms with Gasteiger partial charge in [-0.1, -0.05) is 12.1 Å². The smallest absolute Gasteiger partial charge is 0.423 e. The van der Waals surface area contributed by atoms with Crippen LogP contribution in [-0.2, 0) is 0 Å². The molecule has 6 nitrogen and oxygen atoms in total. The van der Waals surface area contributed by atoms with Gasteiger partial charge in [0.25, 0.3) is 0 Å². The van der Waals surface area contributed by atoms with Crippen molar-refractivity contribution in [1.82, 2.24) is 10.9 Å². The van der Waals surface area contributed by atoms with Crippen LogP contribution in [0.3, 0.4) is 0 Å². The normalized spacial score (nSPS) is 9.14. The highest BCUT2D eigenvalue weighted by Gasteiger charge is 2.02. The Hall–Kier alpha value is -2.24. The molecule has 0 aliphatic rings. The van der Waals surface area contributed by atoms with Gasteiger partial charge in [0, 0.05) is 5.56 Å². The molecule has 1 rings (SSSR count). The number of rotatable bonds is 1. The molecule has 74 valence electrons. The number of aromatic hydroxyl groups is 1. The molecular weight excluding hydrogens is 186 g/mol. The third kappa shape index (κ3) is 2.67. The quantitative estimate of drug-likeness (QED) is 0.255. The highest BCUT2D eigenvalue weighted by Crippen LogP contribution is 2.09. The van der Waals surface area contributed by atoms with E-state index in [-0.39, 0.29) is 11.6 Å². The van der Waals surface area contributed by atoms with E-state index in [1.807, 2.05) is 5.43 Å². The lowest BCUT2D eigenvalue weighted by Crippen LogP contribution is -2.40. The lowest BCUT2D eigenvalue weighted by Gasteiger charge is -2.06. The van der Waals surface area contributed by atoms with Gasteiger partial charge in [0.15, 0.2) is 0 Å². The summed E-state index contributed by atoms with van der Waals surface area (Å²) in [4.78, 5) is 10.1. The number of carboxylic acid groups (broad SMARTS) is 1.